The Labute approximate surface area is 94.7 Å². The highest BCUT2D eigenvalue weighted by Gasteiger charge is 2.26. The Balaban J connectivity index is 2.02. The van der Waals surface area contributed by atoms with Gasteiger partial charge in [-0.1, -0.05) is 0 Å². The summed E-state index contributed by atoms with van der Waals surface area (Å²) in [6.07, 6.45) is 6.08. The van der Waals surface area contributed by atoms with E-state index in [1.807, 2.05) is 24.5 Å². The fraction of sp³-hybridized carbons (Fsp3) is 0.636. The highest BCUT2D eigenvalue weighted by atomic mass is 16.4. The van der Waals surface area contributed by atoms with E-state index in [0.29, 0.717) is 12.6 Å². The lowest BCUT2D eigenvalue weighted by molar-refractivity contribution is -0.142. The Kier molecular flexibility index (Phi) is 2.96. The molecule has 16 heavy (non-hydrogen) atoms. The quantitative estimate of drug-likeness (QED) is 0.812. The molecule has 0 aromatic carbocycles. The fourth-order valence-electron chi connectivity index (χ4n) is 1.72. The number of carbonyl (C=O) groups is 1. The van der Waals surface area contributed by atoms with Crippen LogP contribution in [0.4, 0.5) is 0 Å². The summed E-state index contributed by atoms with van der Waals surface area (Å²) in [5, 5.41) is 8.91. The van der Waals surface area contributed by atoms with Gasteiger partial charge in [0.15, 0.2) is 0 Å². The number of hydrogen-bond acceptors (Lipinski definition) is 3. The van der Waals surface area contributed by atoms with Gasteiger partial charge in [0, 0.05) is 18.8 Å². The number of carboxylic acid groups (broad SMARTS) is 1. The summed E-state index contributed by atoms with van der Waals surface area (Å²) in [7, 11) is 1.82. The zero-order valence-electron chi connectivity index (χ0n) is 9.63. The van der Waals surface area contributed by atoms with Gasteiger partial charge in [-0.25, -0.2) is 4.98 Å². The molecule has 0 aliphatic heterocycles. The van der Waals surface area contributed by atoms with Crippen LogP contribution in [0, 0.1) is 0 Å². The van der Waals surface area contributed by atoms with Crippen molar-refractivity contribution >= 4 is 5.97 Å². The Morgan fingerprint density at radius 2 is 2.44 bits per heavy atom. The lowest BCUT2D eigenvalue weighted by Crippen LogP contribution is -2.35. The van der Waals surface area contributed by atoms with Crippen molar-refractivity contribution < 1.29 is 9.90 Å². The van der Waals surface area contributed by atoms with Crippen LogP contribution in [0.15, 0.2) is 12.5 Å². The summed E-state index contributed by atoms with van der Waals surface area (Å²) < 4.78 is 2.16. The first-order valence-corrected chi connectivity index (χ1v) is 5.53. The summed E-state index contributed by atoms with van der Waals surface area (Å²) in [4.78, 5) is 16.8. The van der Waals surface area contributed by atoms with Crippen molar-refractivity contribution in [1.82, 2.24) is 14.5 Å². The van der Waals surface area contributed by atoms with Crippen LogP contribution in [0.25, 0.3) is 0 Å². The smallest absolute Gasteiger partial charge is 0.320 e. The van der Waals surface area contributed by atoms with Crippen molar-refractivity contribution in [3.63, 3.8) is 0 Å². The van der Waals surface area contributed by atoms with E-state index in [0.717, 1.165) is 5.69 Å². The third-order valence-electron chi connectivity index (χ3n) is 3.12. The number of imidazole rings is 1. The molecule has 1 atom stereocenters. The van der Waals surface area contributed by atoms with Crippen LogP contribution in [0.2, 0.25) is 0 Å². The Morgan fingerprint density at radius 1 is 1.75 bits per heavy atom. The fourth-order valence-corrected chi connectivity index (χ4v) is 1.72. The third kappa shape index (κ3) is 2.24. The minimum absolute atomic E-state index is 0.470. The van der Waals surface area contributed by atoms with Crippen molar-refractivity contribution in [2.24, 2.45) is 0 Å². The zero-order chi connectivity index (χ0) is 11.7. The van der Waals surface area contributed by atoms with Crippen LogP contribution in [-0.2, 0) is 11.3 Å². The van der Waals surface area contributed by atoms with E-state index in [1.54, 1.807) is 6.92 Å². The molecule has 1 N–H and O–H groups in total. The third-order valence-corrected chi connectivity index (χ3v) is 3.12. The van der Waals surface area contributed by atoms with Crippen LogP contribution in [0.5, 0.6) is 0 Å². The number of carboxylic acids is 1. The highest BCUT2D eigenvalue weighted by molar-refractivity contribution is 5.72. The minimum atomic E-state index is -0.792. The molecular formula is C11H17N3O2. The second-order valence-electron chi connectivity index (χ2n) is 4.45. The molecule has 0 spiro atoms. The van der Waals surface area contributed by atoms with Crippen LogP contribution < -0.4 is 0 Å². The Hall–Kier alpha value is -1.36. The molecule has 1 fully saturated rings. The molecule has 88 valence electrons. The maximum absolute atomic E-state index is 10.8. The molecule has 0 saturated heterocycles. The second-order valence-corrected chi connectivity index (χ2v) is 4.45. The maximum Gasteiger partial charge on any atom is 0.320 e. The van der Waals surface area contributed by atoms with Crippen molar-refractivity contribution in [2.45, 2.75) is 38.4 Å². The largest absolute Gasteiger partial charge is 0.480 e. The number of rotatable bonds is 5. The van der Waals surface area contributed by atoms with E-state index < -0.39 is 12.0 Å². The standard InChI is InChI=1S/C11H17N3O2/c1-8(11(15)16)13(2)6-10-5-12-7-14(10)9-3-4-9/h5,7-9H,3-4,6H2,1-2H3,(H,15,16). The molecule has 2 rings (SSSR count). The van der Waals surface area contributed by atoms with Crippen molar-refractivity contribution in [3.05, 3.63) is 18.2 Å². The summed E-state index contributed by atoms with van der Waals surface area (Å²) in [6, 6.07) is 0.119. The van der Waals surface area contributed by atoms with Gasteiger partial charge in [-0.2, -0.15) is 0 Å². The second kappa shape index (κ2) is 4.25. The van der Waals surface area contributed by atoms with Crippen LogP contribution in [0.1, 0.15) is 31.5 Å². The van der Waals surface area contributed by atoms with Gasteiger partial charge in [0.05, 0.1) is 12.0 Å². The molecule has 5 heteroatoms. The van der Waals surface area contributed by atoms with Gasteiger partial charge in [-0.3, -0.25) is 9.69 Å². The Bertz CT molecular complexity index is 384. The molecular weight excluding hydrogens is 206 g/mol. The summed E-state index contributed by atoms with van der Waals surface area (Å²) in [5.74, 6) is -0.792. The maximum atomic E-state index is 10.8. The van der Waals surface area contributed by atoms with Gasteiger partial charge < -0.3 is 9.67 Å². The van der Waals surface area contributed by atoms with Crippen molar-refractivity contribution in [2.75, 3.05) is 7.05 Å². The van der Waals surface area contributed by atoms with E-state index in [9.17, 15) is 4.79 Å². The molecule has 1 aromatic heterocycles. The van der Waals surface area contributed by atoms with Gasteiger partial charge in [-0.15, -0.1) is 0 Å². The predicted molar refractivity (Wildman–Crippen MR) is 59.1 cm³/mol. The molecule has 0 radical (unpaired) electrons. The van der Waals surface area contributed by atoms with Crippen molar-refractivity contribution in [1.29, 1.82) is 0 Å². The van der Waals surface area contributed by atoms with Crippen LogP contribution in [-0.4, -0.2) is 38.6 Å². The van der Waals surface area contributed by atoms with Crippen LogP contribution in [0.3, 0.4) is 0 Å². The molecule has 1 aliphatic rings. The first-order valence-electron chi connectivity index (χ1n) is 5.53. The molecule has 1 aromatic rings. The molecule has 0 amide bonds. The van der Waals surface area contributed by atoms with Gasteiger partial charge in [0.2, 0.25) is 0 Å². The summed E-state index contributed by atoms with van der Waals surface area (Å²) in [5.41, 5.74) is 1.10. The van der Waals surface area contributed by atoms with Crippen molar-refractivity contribution in [3.8, 4) is 0 Å². The number of aliphatic carboxylic acids is 1. The summed E-state index contributed by atoms with van der Waals surface area (Å²) >= 11 is 0. The topological polar surface area (TPSA) is 58.4 Å². The van der Waals surface area contributed by atoms with E-state index >= 15 is 0 Å². The average molecular weight is 223 g/mol. The average Bonchev–Trinajstić information content (AvgIpc) is 2.99. The molecule has 1 saturated carbocycles. The van der Waals surface area contributed by atoms with E-state index in [4.69, 9.17) is 5.11 Å². The molecule has 5 nitrogen and oxygen atoms in total. The van der Waals surface area contributed by atoms with Gasteiger partial charge in [-0.05, 0) is 26.8 Å². The number of aromatic nitrogens is 2. The van der Waals surface area contributed by atoms with E-state index in [-0.39, 0.29) is 0 Å². The highest BCUT2D eigenvalue weighted by Crippen LogP contribution is 2.35. The molecule has 1 unspecified atom stereocenters. The van der Waals surface area contributed by atoms with Gasteiger partial charge in [0.1, 0.15) is 6.04 Å². The lowest BCUT2D eigenvalue weighted by Gasteiger charge is -2.21. The molecule has 1 aliphatic carbocycles. The monoisotopic (exact) mass is 223 g/mol. The van der Waals surface area contributed by atoms with Gasteiger partial charge >= 0.3 is 5.97 Å². The van der Waals surface area contributed by atoms with Crippen LogP contribution >= 0.6 is 0 Å². The normalized spacial score (nSPS) is 17.7. The van der Waals surface area contributed by atoms with Gasteiger partial charge in [0.25, 0.3) is 0 Å². The van der Waals surface area contributed by atoms with E-state index in [1.165, 1.54) is 12.8 Å². The number of nitrogens with zero attached hydrogens (tertiary/aromatic N) is 3. The van der Waals surface area contributed by atoms with E-state index in [2.05, 4.69) is 9.55 Å². The Morgan fingerprint density at radius 3 is 3.00 bits per heavy atom. The number of hydrogen-bond donors (Lipinski definition) is 1. The number of likely N-dealkylation sites (N-methyl/N-ethyl adjacent to an activating group) is 1. The molecule has 1 heterocycles. The SMILES string of the molecule is CC(C(=O)O)N(C)Cc1cncn1C1CC1. The lowest BCUT2D eigenvalue weighted by atomic mass is 10.3. The first kappa shape index (κ1) is 11.1. The summed E-state index contributed by atoms with van der Waals surface area (Å²) in [6.45, 7) is 2.32. The first-order chi connectivity index (χ1) is 7.59. The molecule has 0 bridgehead atoms. The predicted octanol–water partition coefficient (Wildman–Crippen LogP) is 1.12. The minimum Gasteiger partial charge on any atom is -0.480 e. The zero-order valence-corrected chi connectivity index (χ0v) is 9.63.